The monoisotopic (exact) mass is 334 g/mol. The van der Waals surface area contributed by atoms with Gasteiger partial charge in [0.15, 0.2) is 10.4 Å². The fourth-order valence-electron chi connectivity index (χ4n) is 1.73. The van der Waals surface area contributed by atoms with Gasteiger partial charge in [0.25, 0.3) is 5.56 Å². The summed E-state index contributed by atoms with van der Waals surface area (Å²) in [5.41, 5.74) is 1.64. The Hall–Kier alpha value is -1.86. The van der Waals surface area contributed by atoms with Gasteiger partial charge < -0.3 is 4.98 Å². The highest BCUT2D eigenvalue weighted by molar-refractivity contribution is 9.10. The Morgan fingerprint density at radius 1 is 1.11 bits per heavy atom. The van der Waals surface area contributed by atoms with Gasteiger partial charge in [0, 0.05) is 10.0 Å². The van der Waals surface area contributed by atoms with Crippen molar-refractivity contribution >= 4 is 39.2 Å². The molecule has 19 heavy (non-hydrogen) atoms. The van der Waals surface area contributed by atoms with E-state index in [2.05, 4.69) is 36.1 Å². The molecule has 0 spiro atoms. The highest BCUT2D eigenvalue weighted by Crippen LogP contribution is 2.20. The molecule has 2 heterocycles. The Labute approximate surface area is 120 Å². The van der Waals surface area contributed by atoms with Crippen LogP contribution in [0, 0.1) is 4.77 Å². The molecule has 0 atom stereocenters. The Morgan fingerprint density at radius 2 is 1.84 bits per heavy atom. The summed E-state index contributed by atoms with van der Waals surface area (Å²) in [6, 6.07) is 9.31. The lowest BCUT2D eigenvalue weighted by atomic mass is 10.1. The van der Waals surface area contributed by atoms with E-state index in [0.717, 1.165) is 10.0 Å². The van der Waals surface area contributed by atoms with Crippen molar-refractivity contribution in [3.63, 3.8) is 0 Å². The fourth-order valence-corrected chi connectivity index (χ4v) is 2.18. The second-order valence-corrected chi connectivity index (χ2v) is 5.23. The minimum absolute atomic E-state index is 0.239. The molecule has 0 bridgehead atoms. The molecule has 2 N–H and O–H groups in total. The molecular formula is C12H7BrN4OS. The van der Waals surface area contributed by atoms with Crippen LogP contribution in [0.5, 0.6) is 0 Å². The van der Waals surface area contributed by atoms with Crippen LogP contribution >= 0.6 is 28.1 Å². The summed E-state index contributed by atoms with van der Waals surface area (Å²) >= 11 is 8.25. The lowest BCUT2D eigenvalue weighted by Crippen LogP contribution is -2.09. The number of aromatic nitrogens is 4. The number of nitrogens with one attached hydrogen (secondary N) is 2. The third-order valence-corrected chi connectivity index (χ3v) is 3.37. The third-order valence-electron chi connectivity index (χ3n) is 2.64. The largest absolute Gasteiger partial charge is 0.315 e. The topological polar surface area (TPSA) is 74.4 Å². The van der Waals surface area contributed by atoms with E-state index in [-0.39, 0.29) is 10.3 Å². The van der Waals surface area contributed by atoms with Gasteiger partial charge in [-0.25, -0.2) is 0 Å². The maximum Gasteiger partial charge on any atom is 0.261 e. The van der Waals surface area contributed by atoms with Gasteiger partial charge in [0.2, 0.25) is 0 Å². The van der Waals surface area contributed by atoms with Crippen molar-refractivity contribution in [2.75, 3.05) is 0 Å². The fraction of sp³-hybridized carbons (Fsp3) is 0. The second-order valence-electron chi connectivity index (χ2n) is 3.91. The average molecular weight is 335 g/mol. The van der Waals surface area contributed by atoms with Crippen molar-refractivity contribution in [3.05, 3.63) is 49.9 Å². The van der Waals surface area contributed by atoms with E-state index in [1.807, 2.05) is 24.3 Å². The van der Waals surface area contributed by atoms with Crippen molar-refractivity contribution in [2.45, 2.75) is 0 Å². The maximum atomic E-state index is 11.8. The van der Waals surface area contributed by atoms with Crippen LogP contribution in [0.15, 0.2) is 39.6 Å². The van der Waals surface area contributed by atoms with Gasteiger partial charge >= 0.3 is 0 Å². The van der Waals surface area contributed by atoms with Crippen LogP contribution in [0.2, 0.25) is 0 Å². The normalized spacial score (nSPS) is 10.8. The number of rotatable bonds is 1. The second kappa shape index (κ2) is 4.67. The molecule has 5 nitrogen and oxygen atoms in total. The Bertz CT molecular complexity index is 869. The zero-order valence-electron chi connectivity index (χ0n) is 9.48. The molecule has 3 aromatic rings. The lowest BCUT2D eigenvalue weighted by Gasteiger charge is -2.01. The summed E-state index contributed by atoms with van der Waals surface area (Å²) in [4.78, 5) is 17.1. The molecule has 1 aromatic carbocycles. The summed E-state index contributed by atoms with van der Waals surface area (Å²) in [6.07, 6.45) is 0. The first-order valence-corrected chi connectivity index (χ1v) is 6.59. The first-order chi connectivity index (χ1) is 9.13. The summed E-state index contributed by atoms with van der Waals surface area (Å²) < 4.78 is 1.22. The Morgan fingerprint density at radius 3 is 2.58 bits per heavy atom. The molecule has 0 aliphatic carbocycles. The van der Waals surface area contributed by atoms with Crippen LogP contribution in [0.4, 0.5) is 0 Å². The number of aromatic amines is 2. The van der Waals surface area contributed by atoms with E-state index < -0.39 is 0 Å². The van der Waals surface area contributed by atoms with Gasteiger partial charge in [-0.15, -0.1) is 10.2 Å². The average Bonchev–Trinajstić information content (AvgIpc) is 2.39. The number of hydrogen-bond acceptors (Lipinski definition) is 4. The van der Waals surface area contributed by atoms with E-state index in [1.54, 1.807) is 6.07 Å². The number of hydrogen-bond donors (Lipinski definition) is 2. The highest BCUT2D eigenvalue weighted by Gasteiger charge is 2.06. The Kier molecular flexibility index (Phi) is 3.00. The number of H-pyrrole nitrogens is 2. The first kappa shape index (κ1) is 12.2. The molecule has 3 rings (SSSR count). The summed E-state index contributed by atoms with van der Waals surface area (Å²) in [5, 5.41) is 8.52. The van der Waals surface area contributed by atoms with Gasteiger partial charge in [0.05, 0.1) is 11.1 Å². The van der Waals surface area contributed by atoms with Crippen molar-refractivity contribution in [3.8, 4) is 11.3 Å². The summed E-state index contributed by atoms with van der Waals surface area (Å²) in [6.45, 7) is 0. The van der Waals surface area contributed by atoms with Gasteiger partial charge in [-0.1, -0.05) is 28.1 Å². The number of nitrogens with zero attached hydrogens (tertiary/aromatic N) is 2. The van der Waals surface area contributed by atoms with Crippen molar-refractivity contribution < 1.29 is 0 Å². The van der Waals surface area contributed by atoms with Crippen molar-refractivity contribution in [1.29, 1.82) is 0 Å². The lowest BCUT2D eigenvalue weighted by molar-refractivity contribution is 1.02. The van der Waals surface area contributed by atoms with Crippen molar-refractivity contribution in [2.24, 2.45) is 0 Å². The molecule has 0 fully saturated rings. The minimum atomic E-state index is -0.271. The van der Waals surface area contributed by atoms with Crippen LogP contribution in [0.3, 0.4) is 0 Å². The van der Waals surface area contributed by atoms with Crippen LogP contribution < -0.4 is 5.56 Å². The molecule has 0 aliphatic heterocycles. The zero-order chi connectivity index (χ0) is 13.4. The highest BCUT2D eigenvalue weighted by atomic mass is 79.9. The number of benzene rings is 1. The molecule has 7 heteroatoms. The predicted molar refractivity (Wildman–Crippen MR) is 78.5 cm³/mol. The van der Waals surface area contributed by atoms with E-state index >= 15 is 0 Å². The number of halogens is 1. The van der Waals surface area contributed by atoms with E-state index in [9.17, 15) is 4.79 Å². The molecule has 0 saturated carbocycles. The SMILES string of the molecule is O=c1[nH]c(=S)[nH]c2nnc(-c3ccc(Br)cc3)cc12. The number of fused-ring (bicyclic) bond motifs is 1. The molecule has 0 aliphatic rings. The van der Waals surface area contributed by atoms with E-state index in [1.165, 1.54) is 0 Å². The van der Waals surface area contributed by atoms with E-state index in [0.29, 0.717) is 16.7 Å². The summed E-state index contributed by atoms with van der Waals surface area (Å²) in [5.74, 6) is 0. The summed E-state index contributed by atoms with van der Waals surface area (Å²) in [7, 11) is 0. The molecule has 0 amide bonds. The van der Waals surface area contributed by atoms with Gasteiger partial charge in [-0.05, 0) is 30.4 Å². The van der Waals surface area contributed by atoms with Crippen molar-refractivity contribution in [1.82, 2.24) is 20.2 Å². The third kappa shape index (κ3) is 2.34. The molecule has 94 valence electrons. The van der Waals surface area contributed by atoms with Gasteiger partial charge in [0.1, 0.15) is 0 Å². The minimum Gasteiger partial charge on any atom is -0.315 e. The molecule has 0 radical (unpaired) electrons. The standard InChI is InChI=1S/C12H7BrN4OS/c13-7-3-1-6(2-4-7)9-5-8-10(17-16-9)14-12(19)15-11(8)18/h1-5H,(H2,14,15,17,18,19). The zero-order valence-corrected chi connectivity index (χ0v) is 11.9. The van der Waals surface area contributed by atoms with Crippen LogP contribution in [0.25, 0.3) is 22.3 Å². The molecule has 0 saturated heterocycles. The predicted octanol–water partition coefficient (Wildman–Crippen LogP) is 2.81. The van der Waals surface area contributed by atoms with Gasteiger partial charge in [-0.3, -0.25) is 9.78 Å². The molecule has 2 aromatic heterocycles. The maximum absolute atomic E-state index is 11.8. The quantitative estimate of drug-likeness (QED) is 0.671. The first-order valence-electron chi connectivity index (χ1n) is 5.39. The van der Waals surface area contributed by atoms with Crippen LogP contribution in [0.1, 0.15) is 0 Å². The van der Waals surface area contributed by atoms with Crippen LogP contribution in [-0.2, 0) is 0 Å². The Balaban J connectivity index is 2.24. The molecular weight excluding hydrogens is 328 g/mol. The van der Waals surface area contributed by atoms with Gasteiger partial charge in [-0.2, -0.15) is 0 Å². The van der Waals surface area contributed by atoms with E-state index in [4.69, 9.17) is 12.2 Å². The molecule has 0 unspecified atom stereocenters. The van der Waals surface area contributed by atoms with Crippen LogP contribution in [-0.4, -0.2) is 20.2 Å². The smallest absolute Gasteiger partial charge is 0.261 e.